The van der Waals surface area contributed by atoms with Crippen LogP contribution < -0.4 is 10.1 Å². The Hall–Kier alpha value is -2.50. The van der Waals surface area contributed by atoms with E-state index in [-0.39, 0.29) is 18.9 Å². The maximum Gasteiger partial charge on any atom is 0.311 e. The highest BCUT2D eigenvalue weighted by molar-refractivity contribution is 5.93. The normalized spacial score (nSPS) is 11.5. The Balaban J connectivity index is 2.12. The quantitative estimate of drug-likeness (QED) is 0.693. The maximum absolute atomic E-state index is 12.3. The van der Waals surface area contributed by atoms with Crippen molar-refractivity contribution >= 4 is 22.8 Å². The largest absolute Gasteiger partial charge is 0.496 e. The van der Waals surface area contributed by atoms with E-state index < -0.39 is 11.4 Å². The smallest absolute Gasteiger partial charge is 0.311 e. The molecule has 0 aliphatic rings. The number of benzene rings is 1. The summed E-state index contributed by atoms with van der Waals surface area (Å²) < 4.78 is 5.36. The van der Waals surface area contributed by atoms with Gasteiger partial charge in [0, 0.05) is 23.6 Å². The van der Waals surface area contributed by atoms with Gasteiger partial charge in [-0.15, -0.1) is 0 Å². The molecular weight excluding hydrogens is 308 g/mol. The molecule has 0 radical (unpaired) electrons. The Morgan fingerprint density at radius 1 is 1.29 bits per heavy atom. The van der Waals surface area contributed by atoms with Crippen molar-refractivity contribution in [2.45, 2.75) is 33.1 Å². The van der Waals surface area contributed by atoms with Crippen LogP contribution in [-0.2, 0) is 16.0 Å². The predicted octanol–water partition coefficient (Wildman–Crippen LogP) is 2.73. The van der Waals surface area contributed by atoms with Crippen LogP contribution in [0.15, 0.2) is 24.4 Å². The van der Waals surface area contributed by atoms with E-state index in [9.17, 15) is 14.7 Å². The number of carboxylic acids is 1. The number of methoxy groups -OCH3 is 1. The van der Waals surface area contributed by atoms with Gasteiger partial charge in [0.25, 0.3) is 0 Å². The number of carboxylic acid groups (broad SMARTS) is 1. The summed E-state index contributed by atoms with van der Waals surface area (Å²) >= 11 is 0. The fourth-order valence-electron chi connectivity index (χ4n) is 2.91. The van der Waals surface area contributed by atoms with Crippen LogP contribution in [0, 0.1) is 5.41 Å². The van der Waals surface area contributed by atoms with E-state index in [0.29, 0.717) is 18.6 Å². The van der Waals surface area contributed by atoms with Gasteiger partial charge in [0.2, 0.25) is 5.91 Å². The molecule has 3 N–H and O–H groups in total. The van der Waals surface area contributed by atoms with Gasteiger partial charge in [-0.25, -0.2) is 0 Å². The average molecular weight is 332 g/mol. The number of H-pyrrole nitrogens is 1. The molecule has 2 rings (SSSR count). The molecular formula is C18H24N2O4. The minimum Gasteiger partial charge on any atom is -0.496 e. The van der Waals surface area contributed by atoms with Crippen molar-refractivity contribution < 1.29 is 19.4 Å². The minimum absolute atomic E-state index is 0.133. The lowest BCUT2D eigenvalue weighted by Crippen LogP contribution is -2.42. The predicted molar refractivity (Wildman–Crippen MR) is 92.2 cm³/mol. The van der Waals surface area contributed by atoms with E-state index in [4.69, 9.17) is 4.74 Å². The summed E-state index contributed by atoms with van der Waals surface area (Å²) in [5.41, 5.74) is 0.820. The van der Waals surface area contributed by atoms with Gasteiger partial charge in [0.15, 0.2) is 0 Å². The van der Waals surface area contributed by atoms with Gasteiger partial charge >= 0.3 is 5.97 Å². The van der Waals surface area contributed by atoms with Crippen LogP contribution in [0.3, 0.4) is 0 Å². The van der Waals surface area contributed by atoms with Crippen molar-refractivity contribution in [2.24, 2.45) is 5.41 Å². The highest BCUT2D eigenvalue weighted by Gasteiger charge is 2.35. The maximum atomic E-state index is 12.3. The molecule has 6 heteroatoms. The molecule has 0 aliphatic carbocycles. The van der Waals surface area contributed by atoms with Crippen molar-refractivity contribution in [3.63, 3.8) is 0 Å². The molecule has 6 nitrogen and oxygen atoms in total. The van der Waals surface area contributed by atoms with Crippen LogP contribution in [0.1, 0.15) is 32.3 Å². The molecule has 0 saturated heterocycles. The Labute approximate surface area is 141 Å². The fraction of sp³-hybridized carbons (Fsp3) is 0.444. The van der Waals surface area contributed by atoms with E-state index in [0.717, 1.165) is 16.5 Å². The standard InChI is InChI=1S/C18H24N2O4/c1-4-18(5-2,17(22)23)11-20-15(21)9-12-10-19-13-7-6-8-14(24-3)16(12)13/h6-8,10,19H,4-5,9,11H2,1-3H3,(H,20,21)(H,22,23). The van der Waals surface area contributed by atoms with Gasteiger partial charge in [0.1, 0.15) is 5.75 Å². The van der Waals surface area contributed by atoms with Crippen LogP contribution in [0.2, 0.25) is 0 Å². The van der Waals surface area contributed by atoms with Crippen LogP contribution in [0.4, 0.5) is 0 Å². The summed E-state index contributed by atoms with van der Waals surface area (Å²) in [7, 11) is 1.59. The number of nitrogens with one attached hydrogen (secondary N) is 2. The zero-order valence-electron chi connectivity index (χ0n) is 14.3. The van der Waals surface area contributed by atoms with E-state index >= 15 is 0 Å². The van der Waals surface area contributed by atoms with E-state index in [1.54, 1.807) is 13.3 Å². The third-order valence-electron chi connectivity index (χ3n) is 4.75. The second kappa shape index (κ2) is 7.38. The molecule has 0 aliphatic heterocycles. The number of aromatic amines is 1. The number of aromatic nitrogens is 1. The van der Waals surface area contributed by atoms with Crippen molar-refractivity contribution in [2.75, 3.05) is 13.7 Å². The van der Waals surface area contributed by atoms with Crippen molar-refractivity contribution in [1.82, 2.24) is 10.3 Å². The van der Waals surface area contributed by atoms with Crippen LogP contribution >= 0.6 is 0 Å². The Bertz CT molecular complexity index is 732. The molecule has 2 aromatic rings. The number of aliphatic carboxylic acids is 1. The first-order valence-corrected chi connectivity index (χ1v) is 8.10. The third kappa shape index (κ3) is 3.37. The van der Waals surface area contributed by atoms with Crippen LogP contribution in [0.5, 0.6) is 5.75 Å². The van der Waals surface area contributed by atoms with E-state index in [2.05, 4.69) is 10.3 Å². The van der Waals surface area contributed by atoms with Crippen molar-refractivity contribution in [3.05, 3.63) is 30.0 Å². The first-order chi connectivity index (χ1) is 11.5. The molecule has 0 saturated carbocycles. The molecule has 1 aromatic heterocycles. The number of carbonyl (C=O) groups excluding carboxylic acids is 1. The van der Waals surface area contributed by atoms with Gasteiger partial charge < -0.3 is 20.1 Å². The number of hydrogen-bond acceptors (Lipinski definition) is 3. The molecule has 0 atom stereocenters. The summed E-state index contributed by atoms with van der Waals surface area (Å²) in [6.45, 7) is 3.79. The lowest BCUT2D eigenvalue weighted by molar-refractivity contribution is -0.149. The lowest BCUT2D eigenvalue weighted by atomic mass is 9.82. The Morgan fingerprint density at radius 2 is 2.00 bits per heavy atom. The molecule has 0 bridgehead atoms. The molecule has 0 spiro atoms. The number of rotatable bonds is 8. The fourth-order valence-corrected chi connectivity index (χ4v) is 2.91. The van der Waals surface area contributed by atoms with Crippen LogP contribution in [-0.4, -0.2) is 35.6 Å². The molecule has 1 heterocycles. The van der Waals surface area contributed by atoms with Gasteiger partial charge in [-0.05, 0) is 30.5 Å². The van der Waals surface area contributed by atoms with Gasteiger partial charge in [-0.1, -0.05) is 19.9 Å². The lowest BCUT2D eigenvalue weighted by Gasteiger charge is -2.26. The Kier molecular flexibility index (Phi) is 5.49. The third-order valence-corrected chi connectivity index (χ3v) is 4.75. The van der Waals surface area contributed by atoms with Crippen molar-refractivity contribution in [1.29, 1.82) is 0 Å². The number of fused-ring (bicyclic) bond motifs is 1. The minimum atomic E-state index is -0.909. The zero-order valence-corrected chi connectivity index (χ0v) is 14.3. The first kappa shape index (κ1) is 17.8. The van der Waals surface area contributed by atoms with E-state index in [1.807, 2.05) is 32.0 Å². The highest BCUT2D eigenvalue weighted by Crippen LogP contribution is 2.29. The summed E-state index contributed by atoms with van der Waals surface area (Å²) in [6.07, 6.45) is 2.90. The molecule has 1 amide bonds. The van der Waals surface area contributed by atoms with Gasteiger partial charge in [-0.3, -0.25) is 9.59 Å². The zero-order chi connectivity index (χ0) is 17.7. The average Bonchev–Trinajstić information content (AvgIpc) is 2.99. The molecule has 0 unspecified atom stereocenters. The monoisotopic (exact) mass is 332 g/mol. The summed E-state index contributed by atoms with van der Waals surface area (Å²) in [5, 5.41) is 13.1. The van der Waals surface area contributed by atoms with Gasteiger partial charge in [-0.2, -0.15) is 0 Å². The Morgan fingerprint density at radius 3 is 2.58 bits per heavy atom. The number of hydrogen-bond donors (Lipinski definition) is 3. The summed E-state index contributed by atoms with van der Waals surface area (Å²) in [4.78, 5) is 26.9. The first-order valence-electron chi connectivity index (χ1n) is 8.10. The SMILES string of the molecule is CCC(CC)(CNC(=O)Cc1c[nH]c2cccc(OC)c12)C(=O)O. The molecule has 24 heavy (non-hydrogen) atoms. The second-order valence-electron chi connectivity index (χ2n) is 5.94. The molecule has 1 aromatic carbocycles. The van der Waals surface area contributed by atoms with Crippen molar-refractivity contribution in [3.8, 4) is 5.75 Å². The number of amides is 1. The molecule has 130 valence electrons. The molecule has 0 fully saturated rings. The topological polar surface area (TPSA) is 91.4 Å². The number of carbonyl (C=O) groups is 2. The summed E-state index contributed by atoms with van der Waals surface area (Å²) in [5.74, 6) is -0.366. The highest BCUT2D eigenvalue weighted by atomic mass is 16.5. The van der Waals surface area contributed by atoms with Gasteiger partial charge in [0.05, 0.1) is 18.9 Å². The van der Waals surface area contributed by atoms with E-state index in [1.165, 1.54) is 0 Å². The number of ether oxygens (including phenoxy) is 1. The van der Waals surface area contributed by atoms with Crippen LogP contribution in [0.25, 0.3) is 10.9 Å². The second-order valence-corrected chi connectivity index (χ2v) is 5.94. The summed E-state index contributed by atoms with van der Waals surface area (Å²) in [6, 6.07) is 5.65.